The zero-order chi connectivity index (χ0) is 12.6. The Morgan fingerprint density at radius 2 is 1.94 bits per heavy atom. The third kappa shape index (κ3) is 2.26. The number of aromatic nitrogens is 1. The Labute approximate surface area is 112 Å². The van der Waals surface area contributed by atoms with Crippen LogP contribution in [-0.4, -0.2) is 4.57 Å². The number of benzene rings is 1. The summed E-state index contributed by atoms with van der Waals surface area (Å²) >= 11 is 1.97. The lowest BCUT2D eigenvalue weighted by atomic mass is 10.1. The van der Waals surface area contributed by atoms with Gasteiger partial charge < -0.3 is 4.57 Å². The molecule has 2 rings (SSSR count). The normalized spacial score (nSPS) is 10.6. The molecule has 0 fully saturated rings. The van der Waals surface area contributed by atoms with Crippen molar-refractivity contribution in [1.82, 2.24) is 4.57 Å². The fraction of sp³-hybridized carbons (Fsp3) is 0.154. The van der Waals surface area contributed by atoms with Crippen molar-refractivity contribution >= 4 is 22.6 Å². The van der Waals surface area contributed by atoms with Crippen molar-refractivity contribution in [3.63, 3.8) is 0 Å². The highest BCUT2D eigenvalue weighted by atomic mass is 127. The summed E-state index contributed by atoms with van der Waals surface area (Å²) in [5, 5.41) is 0. The molecule has 0 aliphatic rings. The monoisotopic (exact) mass is 343 g/mol. The molecule has 17 heavy (non-hydrogen) atoms. The van der Waals surface area contributed by atoms with Gasteiger partial charge in [0.15, 0.2) is 0 Å². The molecular formula is C13H11FINO. The van der Waals surface area contributed by atoms with Crippen molar-refractivity contribution in [2.45, 2.75) is 6.92 Å². The van der Waals surface area contributed by atoms with Crippen LogP contribution in [0.1, 0.15) is 5.56 Å². The van der Waals surface area contributed by atoms with E-state index in [9.17, 15) is 9.18 Å². The standard InChI is InChI=1S/C13H11FINO/c1-8-3-4-9(10(14)7-8)12-6-5-11(15)13(17)16(12)2/h3-7H,1-2H3. The maximum absolute atomic E-state index is 13.8. The zero-order valence-corrected chi connectivity index (χ0v) is 11.7. The van der Waals surface area contributed by atoms with Gasteiger partial charge >= 0.3 is 0 Å². The molecule has 0 saturated heterocycles. The molecule has 0 aliphatic carbocycles. The first-order chi connectivity index (χ1) is 8.00. The fourth-order valence-corrected chi connectivity index (χ4v) is 2.24. The summed E-state index contributed by atoms with van der Waals surface area (Å²) < 4.78 is 15.9. The summed E-state index contributed by atoms with van der Waals surface area (Å²) in [4.78, 5) is 11.8. The highest BCUT2D eigenvalue weighted by molar-refractivity contribution is 14.1. The lowest BCUT2D eigenvalue weighted by Gasteiger charge is -2.10. The summed E-state index contributed by atoms with van der Waals surface area (Å²) in [5.41, 5.74) is 1.80. The Kier molecular flexibility index (Phi) is 3.33. The molecule has 0 amide bonds. The third-order valence-electron chi connectivity index (χ3n) is 2.66. The van der Waals surface area contributed by atoms with Crippen molar-refractivity contribution in [1.29, 1.82) is 0 Å². The van der Waals surface area contributed by atoms with Gasteiger partial charge in [-0.3, -0.25) is 4.79 Å². The molecule has 0 aliphatic heterocycles. The van der Waals surface area contributed by atoms with Gasteiger partial charge in [-0.05, 0) is 59.3 Å². The van der Waals surface area contributed by atoms with E-state index in [1.165, 1.54) is 10.6 Å². The molecule has 0 atom stereocenters. The number of nitrogens with zero attached hydrogens (tertiary/aromatic N) is 1. The van der Waals surface area contributed by atoms with Crippen LogP contribution in [0, 0.1) is 16.3 Å². The quantitative estimate of drug-likeness (QED) is 0.730. The first kappa shape index (κ1) is 12.3. The van der Waals surface area contributed by atoms with Crippen LogP contribution in [0.3, 0.4) is 0 Å². The average molecular weight is 343 g/mol. The number of hydrogen-bond donors (Lipinski definition) is 0. The van der Waals surface area contributed by atoms with Gasteiger partial charge in [-0.15, -0.1) is 0 Å². The summed E-state index contributed by atoms with van der Waals surface area (Å²) in [5.74, 6) is -0.304. The summed E-state index contributed by atoms with van der Waals surface area (Å²) in [6.07, 6.45) is 0. The maximum Gasteiger partial charge on any atom is 0.264 e. The van der Waals surface area contributed by atoms with E-state index in [0.717, 1.165) is 5.56 Å². The van der Waals surface area contributed by atoms with Crippen LogP contribution in [0.25, 0.3) is 11.3 Å². The van der Waals surface area contributed by atoms with Crippen molar-refractivity contribution in [2.24, 2.45) is 7.05 Å². The van der Waals surface area contributed by atoms with Crippen LogP contribution in [-0.2, 0) is 7.05 Å². The minimum absolute atomic E-state index is 0.108. The molecule has 0 bridgehead atoms. The van der Waals surface area contributed by atoms with Gasteiger partial charge in [0, 0.05) is 12.6 Å². The molecule has 1 heterocycles. The molecular weight excluding hydrogens is 332 g/mol. The lowest BCUT2D eigenvalue weighted by molar-refractivity contribution is 0.627. The minimum Gasteiger partial charge on any atom is -0.310 e. The molecule has 2 nitrogen and oxygen atoms in total. The average Bonchev–Trinajstić information content (AvgIpc) is 2.28. The number of rotatable bonds is 1. The first-order valence-corrected chi connectivity index (χ1v) is 6.20. The highest BCUT2D eigenvalue weighted by Crippen LogP contribution is 2.22. The third-order valence-corrected chi connectivity index (χ3v) is 3.48. The fourth-order valence-electron chi connectivity index (χ4n) is 1.70. The summed E-state index contributed by atoms with van der Waals surface area (Å²) in [6.45, 7) is 1.83. The van der Waals surface area contributed by atoms with Gasteiger partial charge in [0.1, 0.15) is 5.82 Å². The second-order valence-electron chi connectivity index (χ2n) is 3.91. The smallest absolute Gasteiger partial charge is 0.264 e. The van der Waals surface area contributed by atoms with E-state index >= 15 is 0 Å². The topological polar surface area (TPSA) is 22.0 Å². The van der Waals surface area contributed by atoms with Gasteiger partial charge in [0.05, 0.1) is 9.26 Å². The van der Waals surface area contributed by atoms with Crippen LogP contribution in [0.5, 0.6) is 0 Å². The number of halogens is 2. The molecule has 2 aromatic rings. The number of aryl methyl sites for hydroxylation is 1. The van der Waals surface area contributed by atoms with Gasteiger partial charge in [0.25, 0.3) is 5.56 Å². The van der Waals surface area contributed by atoms with Crippen LogP contribution < -0.4 is 5.56 Å². The highest BCUT2D eigenvalue weighted by Gasteiger charge is 2.10. The van der Waals surface area contributed by atoms with E-state index in [2.05, 4.69) is 0 Å². The summed E-state index contributed by atoms with van der Waals surface area (Å²) in [7, 11) is 1.65. The van der Waals surface area contributed by atoms with Crippen LogP contribution in [0.2, 0.25) is 0 Å². The zero-order valence-electron chi connectivity index (χ0n) is 9.50. The van der Waals surface area contributed by atoms with Gasteiger partial charge in [-0.1, -0.05) is 6.07 Å². The summed E-state index contributed by atoms with van der Waals surface area (Å²) in [6, 6.07) is 8.47. The maximum atomic E-state index is 13.8. The lowest BCUT2D eigenvalue weighted by Crippen LogP contribution is -2.20. The van der Waals surface area contributed by atoms with Crippen LogP contribution >= 0.6 is 22.6 Å². The molecule has 0 unspecified atom stereocenters. The van der Waals surface area contributed by atoms with Crippen molar-refractivity contribution in [2.75, 3.05) is 0 Å². The van der Waals surface area contributed by atoms with E-state index in [-0.39, 0.29) is 11.4 Å². The molecule has 0 saturated carbocycles. The largest absolute Gasteiger partial charge is 0.310 e. The second-order valence-corrected chi connectivity index (χ2v) is 5.08. The molecule has 88 valence electrons. The molecule has 4 heteroatoms. The van der Waals surface area contributed by atoms with Crippen LogP contribution in [0.15, 0.2) is 35.1 Å². The number of pyridine rings is 1. The molecule has 0 spiro atoms. The van der Waals surface area contributed by atoms with Crippen molar-refractivity contribution < 1.29 is 4.39 Å². The molecule has 0 radical (unpaired) electrons. The predicted octanol–water partition coefficient (Wildman–Crippen LogP) is 3.10. The molecule has 1 aromatic heterocycles. The Bertz CT molecular complexity index is 634. The second kappa shape index (κ2) is 4.60. The SMILES string of the molecule is Cc1ccc(-c2ccc(I)c(=O)n2C)c(F)c1. The van der Waals surface area contributed by atoms with Gasteiger partial charge in [0.2, 0.25) is 0 Å². The number of hydrogen-bond acceptors (Lipinski definition) is 1. The van der Waals surface area contributed by atoms with E-state index in [1.54, 1.807) is 25.2 Å². The van der Waals surface area contributed by atoms with Crippen molar-refractivity contribution in [3.05, 3.63) is 55.6 Å². The Morgan fingerprint density at radius 1 is 1.24 bits per heavy atom. The Hall–Kier alpha value is -1.17. The van der Waals surface area contributed by atoms with E-state index in [1.807, 2.05) is 35.6 Å². The van der Waals surface area contributed by atoms with E-state index in [4.69, 9.17) is 0 Å². The van der Waals surface area contributed by atoms with E-state index in [0.29, 0.717) is 14.8 Å². The van der Waals surface area contributed by atoms with Crippen LogP contribution in [0.4, 0.5) is 4.39 Å². The van der Waals surface area contributed by atoms with E-state index < -0.39 is 0 Å². The Balaban J connectivity index is 2.69. The first-order valence-electron chi connectivity index (χ1n) is 5.13. The minimum atomic E-state index is -0.304. The van der Waals surface area contributed by atoms with Gasteiger partial charge in [-0.25, -0.2) is 4.39 Å². The molecule has 1 aromatic carbocycles. The Morgan fingerprint density at radius 3 is 2.59 bits per heavy atom. The predicted molar refractivity (Wildman–Crippen MR) is 74.5 cm³/mol. The van der Waals surface area contributed by atoms with Crippen molar-refractivity contribution in [3.8, 4) is 11.3 Å². The van der Waals surface area contributed by atoms with Gasteiger partial charge in [-0.2, -0.15) is 0 Å². The molecule has 0 N–H and O–H groups in total.